The van der Waals surface area contributed by atoms with E-state index in [1.165, 1.54) is 10.8 Å². The van der Waals surface area contributed by atoms with E-state index in [4.69, 9.17) is 0 Å². The van der Waals surface area contributed by atoms with E-state index in [2.05, 4.69) is 49.8 Å². The Kier molecular flexibility index (Phi) is 1.39. The molecular weight excluding hydrogens is 118 g/mol. The topological polar surface area (TPSA) is 0 Å². The number of benzene rings is 1. The molecule has 0 spiro atoms. The summed E-state index contributed by atoms with van der Waals surface area (Å²) in [5.41, 5.74) is 0. The molecule has 2 heteroatoms. The first-order valence-corrected chi connectivity index (χ1v) is 3.40. The zero-order valence-corrected chi connectivity index (χ0v) is 5.62. The first-order valence-electron chi connectivity index (χ1n) is 3.40. The van der Waals surface area contributed by atoms with E-state index in [1.807, 2.05) is 0 Å². The van der Waals surface area contributed by atoms with Gasteiger partial charge in [-0.1, -0.05) is 0 Å². The summed E-state index contributed by atoms with van der Waals surface area (Å²) in [5, 5.41) is 2.62. The second-order valence-electron chi connectivity index (χ2n) is 2.35. The normalized spacial score (nSPS) is 9.20. The first kappa shape index (κ1) is 5.84. The molecule has 0 radical (unpaired) electrons. The fourth-order valence-electron chi connectivity index (χ4n) is 1.13. The number of rotatable bonds is 0. The minimum absolute atomic E-state index is 1.31. The summed E-state index contributed by atoms with van der Waals surface area (Å²) >= 11 is 0. The molecule has 10 heavy (non-hydrogen) atoms. The molecule has 0 aliphatic rings. The molecule has 0 N–H and O–H groups in total. The van der Waals surface area contributed by atoms with Crippen LogP contribution in [0.15, 0.2) is 36.2 Å². The molecule has 0 saturated heterocycles. The Morgan fingerprint density at radius 2 is 1.30 bits per heavy atom. The summed E-state index contributed by atoms with van der Waals surface area (Å²) in [6, 6.07) is 8.36. The van der Waals surface area contributed by atoms with Gasteiger partial charge in [0.25, 0.3) is 0 Å². The predicted molar refractivity (Wildman–Crippen MR) is 46.6 cm³/mol. The van der Waals surface area contributed by atoms with Gasteiger partial charge in [0.1, 0.15) is 0 Å². The third kappa shape index (κ3) is 0.900. The van der Waals surface area contributed by atoms with E-state index in [-0.39, 0.29) is 0 Å². The second kappa shape index (κ2) is 2.37. The molecule has 0 saturated carbocycles. The fraction of sp³-hybridized carbons (Fsp3) is 0. The maximum atomic E-state index is 2.12. The van der Waals surface area contributed by atoms with Crippen LogP contribution < -0.4 is 0 Å². The SMILES string of the molecule is b1bcc2ccccc2c1. The van der Waals surface area contributed by atoms with Gasteiger partial charge in [-0.05, 0) is 0 Å². The molecule has 0 bridgehead atoms. The molecule has 2 aromatic rings. The Morgan fingerprint density at radius 3 is 1.80 bits per heavy atom. The molecule has 0 unspecified atom stereocenters. The average molecular weight is 124 g/mol. The fourth-order valence-corrected chi connectivity index (χ4v) is 1.13. The third-order valence-corrected chi connectivity index (χ3v) is 1.66. The maximum absolute atomic E-state index is 2.12. The van der Waals surface area contributed by atoms with Crippen molar-refractivity contribution in [3.05, 3.63) is 36.2 Å². The third-order valence-electron chi connectivity index (χ3n) is 1.66. The van der Waals surface area contributed by atoms with Crippen LogP contribution in [0.5, 0.6) is 0 Å². The van der Waals surface area contributed by atoms with Crippen LogP contribution in [0.25, 0.3) is 10.8 Å². The molecule has 44 valence electrons. The molecule has 0 amide bonds. The van der Waals surface area contributed by atoms with Gasteiger partial charge in [0, 0.05) is 0 Å². The van der Waals surface area contributed by atoms with Crippen LogP contribution in [0.2, 0.25) is 0 Å². The predicted octanol–water partition coefficient (Wildman–Crippen LogP) is 1.52. The van der Waals surface area contributed by atoms with Gasteiger partial charge in [0.2, 0.25) is 0 Å². The Labute approximate surface area is 61.3 Å². The Morgan fingerprint density at radius 1 is 0.800 bits per heavy atom. The number of hydrogen-bond acceptors (Lipinski definition) is 0. The van der Waals surface area contributed by atoms with Crippen LogP contribution in [-0.4, -0.2) is 13.6 Å². The van der Waals surface area contributed by atoms with Crippen LogP contribution in [0.1, 0.15) is 0 Å². The van der Waals surface area contributed by atoms with Gasteiger partial charge >= 0.3 is 60.6 Å². The van der Waals surface area contributed by atoms with Crippen molar-refractivity contribution in [2.75, 3.05) is 0 Å². The summed E-state index contributed by atoms with van der Waals surface area (Å²) in [7, 11) is 0. The van der Waals surface area contributed by atoms with E-state index in [0.717, 1.165) is 0 Å². The van der Waals surface area contributed by atoms with Crippen molar-refractivity contribution in [3.63, 3.8) is 0 Å². The van der Waals surface area contributed by atoms with Crippen molar-refractivity contribution < 1.29 is 0 Å². The van der Waals surface area contributed by atoms with E-state index in [0.29, 0.717) is 0 Å². The molecule has 0 fully saturated rings. The van der Waals surface area contributed by atoms with Crippen molar-refractivity contribution in [2.45, 2.75) is 0 Å². The van der Waals surface area contributed by atoms with Crippen LogP contribution in [0.3, 0.4) is 0 Å². The zero-order chi connectivity index (χ0) is 6.81. The number of hydrogen-bond donors (Lipinski definition) is 0. The molecule has 0 aliphatic heterocycles. The Balaban J connectivity index is 2.89. The molecule has 0 aliphatic carbocycles. The molecule has 0 nitrogen and oxygen atoms in total. The van der Waals surface area contributed by atoms with Crippen molar-refractivity contribution >= 4 is 24.4 Å². The van der Waals surface area contributed by atoms with Gasteiger partial charge < -0.3 is 0 Å². The van der Waals surface area contributed by atoms with Gasteiger partial charge in [-0.15, -0.1) is 0 Å². The zero-order valence-electron chi connectivity index (χ0n) is 5.62. The molecular formula is C8H6B2. The van der Waals surface area contributed by atoms with Gasteiger partial charge in [0.15, 0.2) is 0 Å². The van der Waals surface area contributed by atoms with Gasteiger partial charge in [0.05, 0.1) is 0 Å². The summed E-state index contributed by atoms with van der Waals surface area (Å²) in [4.78, 5) is 0. The minimum atomic E-state index is 1.31. The first-order chi connectivity index (χ1) is 4.97. The molecule has 0 atom stereocenters. The van der Waals surface area contributed by atoms with Gasteiger partial charge in [-0.3, -0.25) is 0 Å². The van der Waals surface area contributed by atoms with Crippen molar-refractivity contribution in [1.82, 2.24) is 0 Å². The molecule has 1 aromatic heterocycles. The van der Waals surface area contributed by atoms with E-state index >= 15 is 0 Å². The van der Waals surface area contributed by atoms with Crippen LogP contribution in [0.4, 0.5) is 0 Å². The quantitative estimate of drug-likeness (QED) is 0.499. The van der Waals surface area contributed by atoms with Crippen molar-refractivity contribution in [3.8, 4) is 0 Å². The standard InChI is InChI=1S/C8H6B2/c1-2-4-8-6-10-9-5-7(8)3-1/h1-6H. The summed E-state index contributed by atoms with van der Waals surface area (Å²) in [5.74, 6) is 4.24. The van der Waals surface area contributed by atoms with E-state index < -0.39 is 0 Å². The van der Waals surface area contributed by atoms with E-state index in [1.54, 1.807) is 0 Å². The van der Waals surface area contributed by atoms with Crippen molar-refractivity contribution in [1.29, 1.82) is 0 Å². The number of fused-ring (bicyclic) bond motifs is 1. The second-order valence-corrected chi connectivity index (χ2v) is 2.35. The molecule has 1 heterocycles. The Bertz CT molecular complexity index is 278. The molecule has 2 rings (SSSR count). The van der Waals surface area contributed by atoms with Crippen LogP contribution in [0, 0.1) is 0 Å². The van der Waals surface area contributed by atoms with E-state index in [9.17, 15) is 0 Å². The summed E-state index contributed by atoms with van der Waals surface area (Å²) in [6.07, 6.45) is 0. The monoisotopic (exact) mass is 124 g/mol. The van der Waals surface area contributed by atoms with Gasteiger partial charge in [-0.2, -0.15) is 0 Å². The Hall–Kier alpha value is -0.910. The van der Waals surface area contributed by atoms with Crippen LogP contribution >= 0.6 is 0 Å². The summed E-state index contributed by atoms with van der Waals surface area (Å²) < 4.78 is 0. The van der Waals surface area contributed by atoms with Crippen molar-refractivity contribution in [2.24, 2.45) is 0 Å². The molecule has 1 aromatic carbocycles. The van der Waals surface area contributed by atoms with Gasteiger partial charge in [-0.25, -0.2) is 0 Å². The average Bonchev–Trinajstić information content (AvgIpc) is 2.05. The van der Waals surface area contributed by atoms with Crippen LogP contribution in [-0.2, 0) is 0 Å². The summed E-state index contributed by atoms with van der Waals surface area (Å²) in [6.45, 7) is 4.12.